The lowest BCUT2D eigenvalue weighted by Gasteiger charge is -2.09. The van der Waals surface area contributed by atoms with Crippen LogP contribution in [0.1, 0.15) is 10.4 Å². The fourth-order valence-electron chi connectivity index (χ4n) is 2.84. The van der Waals surface area contributed by atoms with Gasteiger partial charge < -0.3 is 5.32 Å². The molecular weight excluding hydrogens is 457 g/mol. The molecule has 4 rings (SSSR count). The van der Waals surface area contributed by atoms with Crippen LogP contribution in [0.4, 0.5) is 10.2 Å². The summed E-state index contributed by atoms with van der Waals surface area (Å²) in [6.07, 6.45) is 0. The summed E-state index contributed by atoms with van der Waals surface area (Å²) in [5.74, 6) is -0.716. The minimum atomic E-state index is -0.586. The first-order valence-corrected chi connectivity index (χ1v) is 9.86. The molecule has 0 bridgehead atoms. The third-order valence-corrected chi connectivity index (χ3v) is 5.06. The van der Waals surface area contributed by atoms with Gasteiger partial charge in [0.05, 0.1) is 16.9 Å². The molecule has 0 fully saturated rings. The van der Waals surface area contributed by atoms with Gasteiger partial charge in [-0.1, -0.05) is 51.8 Å². The summed E-state index contributed by atoms with van der Waals surface area (Å²) in [4.78, 5) is 12.6. The Morgan fingerprint density at radius 1 is 1.00 bits per heavy atom. The lowest BCUT2D eigenvalue weighted by Crippen LogP contribution is -2.16. The van der Waals surface area contributed by atoms with E-state index in [1.807, 2.05) is 36.4 Å². The molecule has 4 aromatic rings. The first-order valence-electron chi connectivity index (χ1n) is 8.69. The number of amides is 1. The monoisotopic (exact) mass is 469 g/mol. The zero-order valence-electron chi connectivity index (χ0n) is 14.9. The first kappa shape index (κ1) is 19.4. The Labute approximate surface area is 180 Å². The Bertz CT molecular complexity index is 1170. The van der Waals surface area contributed by atoms with Gasteiger partial charge >= 0.3 is 0 Å². The van der Waals surface area contributed by atoms with Crippen LogP contribution < -0.4 is 5.32 Å². The molecule has 1 N–H and O–H groups in total. The van der Waals surface area contributed by atoms with E-state index in [0.717, 1.165) is 15.7 Å². The summed E-state index contributed by atoms with van der Waals surface area (Å²) < 4.78 is 16.5. The molecule has 1 amide bonds. The van der Waals surface area contributed by atoms with E-state index in [-0.39, 0.29) is 5.56 Å². The molecule has 4 nitrogen and oxygen atoms in total. The van der Waals surface area contributed by atoms with Crippen molar-refractivity contribution in [3.05, 3.63) is 99.7 Å². The van der Waals surface area contributed by atoms with Crippen molar-refractivity contribution in [1.82, 2.24) is 9.78 Å². The maximum absolute atomic E-state index is 14.0. The predicted molar refractivity (Wildman–Crippen MR) is 116 cm³/mol. The van der Waals surface area contributed by atoms with Crippen molar-refractivity contribution in [2.24, 2.45) is 0 Å². The molecule has 0 radical (unpaired) electrons. The Morgan fingerprint density at radius 3 is 2.38 bits per heavy atom. The van der Waals surface area contributed by atoms with Gasteiger partial charge in [-0.15, -0.1) is 0 Å². The van der Waals surface area contributed by atoms with Crippen molar-refractivity contribution >= 4 is 39.3 Å². The summed E-state index contributed by atoms with van der Waals surface area (Å²) in [6.45, 7) is 0. The van der Waals surface area contributed by atoms with Crippen molar-refractivity contribution in [3.63, 3.8) is 0 Å². The number of nitrogens with one attached hydrogen (secondary N) is 1. The molecule has 0 spiro atoms. The number of hydrogen-bond donors (Lipinski definition) is 1. The van der Waals surface area contributed by atoms with Crippen molar-refractivity contribution < 1.29 is 9.18 Å². The average Bonchev–Trinajstić information content (AvgIpc) is 3.13. The van der Waals surface area contributed by atoms with Gasteiger partial charge in [0.25, 0.3) is 5.91 Å². The number of halogens is 3. The Hall–Kier alpha value is -2.96. The Balaban J connectivity index is 1.76. The molecule has 0 aliphatic rings. The van der Waals surface area contributed by atoms with Gasteiger partial charge in [0, 0.05) is 21.1 Å². The average molecular weight is 471 g/mol. The fraction of sp³-hybridized carbons (Fsp3) is 0. The van der Waals surface area contributed by atoms with Crippen LogP contribution in [0.5, 0.6) is 0 Å². The molecule has 7 heteroatoms. The normalized spacial score (nSPS) is 10.7. The van der Waals surface area contributed by atoms with Gasteiger partial charge in [-0.05, 0) is 48.5 Å². The fourth-order valence-corrected chi connectivity index (χ4v) is 3.23. The van der Waals surface area contributed by atoms with E-state index >= 15 is 0 Å². The maximum atomic E-state index is 14.0. The van der Waals surface area contributed by atoms with Gasteiger partial charge in [0.15, 0.2) is 0 Å². The van der Waals surface area contributed by atoms with Gasteiger partial charge in [0.2, 0.25) is 0 Å². The molecule has 0 aliphatic heterocycles. The number of carbonyl (C=O) groups excluding carboxylic acids is 1. The van der Waals surface area contributed by atoms with Crippen LogP contribution >= 0.6 is 27.5 Å². The number of anilines is 1. The molecule has 0 atom stereocenters. The topological polar surface area (TPSA) is 46.9 Å². The smallest absolute Gasteiger partial charge is 0.259 e. The highest BCUT2D eigenvalue weighted by Crippen LogP contribution is 2.27. The van der Waals surface area contributed by atoms with Crippen molar-refractivity contribution in [2.45, 2.75) is 0 Å². The Morgan fingerprint density at radius 2 is 1.69 bits per heavy atom. The lowest BCUT2D eigenvalue weighted by atomic mass is 10.1. The summed E-state index contributed by atoms with van der Waals surface area (Å²) in [5, 5.41) is 8.01. The Kier molecular flexibility index (Phi) is 5.47. The van der Waals surface area contributed by atoms with Crippen LogP contribution in [0.15, 0.2) is 83.3 Å². The minimum absolute atomic E-state index is 0.0379. The standard InChI is InChI=1S/C22H14BrClFN3O/c23-15-7-11-17(12-8-15)28-21(26-22(29)18-3-1-2-4-19(18)25)13-20(27-28)14-5-9-16(24)10-6-14/h1-13H,(H,26,29). The van der Waals surface area contributed by atoms with Crippen LogP contribution in [0.25, 0.3) is 16.9 Å². The molecule has 0 unspecified atom stereocenters. The van der Waals surface area contributed by atoms with Crippen LogP contribution in [0.3, 0.4) is 0 Å². The number of rotatable bonds is 4. The summed E-state index contributed by atoms with van der Waals surface area (Å²) in [7, 11) is 0. The van der Waals surface area contributed by atoms with Crippen molar-refractivity contribution in [3.8, 4) is 16.9 Å². The molecule has 0 saturated carbocycles. The van der Waals surface area contributed by atoms with E-state index in [1.54, 1.807) is 28.9 Å². The van der Waals surface area contributed by atoms with E-state index in [2.05, 4.69) is 26.3 Å². The predicted octanol–water partition coefficient (Wildman–Crippen LogP) is 6.35. The molecule has 3 aromatic carbocycles. The highest BCUT2D eigenvalue weighted by molar-refractivity contribution is 9.10. The molecule has 1 heterocycles. The maximum Gasteiger partial charge on any atom is 0.259 e. The zero-order valence-corrected chi connectivity index (χ0v) is 17.3. The van der Waals surface area contributed by atoms with Crippen molar-refractivity contribution in [1.29, 1.82) is 0 Å². The summed E-state index contributed by atoms with van der Waals surface area (Å²) in [5.41, 5.74) is 2.20. The van der Waals surface area contributed by atoms with Gasteiger partial charge in [0.1, 0.15) is 11.6 Å². The summed E-state index contributed by atoms with van der Waals surface area (Å²) >= 11 is 9.39. The second-order valence-electron chi connectivity index (χ2n) is 6.24. The first-order chi connectivity index (χ1) is 14.0. The molecule has 0 saturated heterocycles. The van der Waals surface area contributed by atoms with Crippen molar-refractivity contribution in [2.75, 3.05) is 5.32 Å². The molecular formula is C22H14BrClFN3O. The molecule has 144 valence electrons. The third kappa shape index (κ3) is 4.23. The van der Waals surface area contributed by atoms with E-state index < -0.39 is 11.7 Å². The van der Waals surface area contributed by atoms with Gasteiger partial charge in [-0.3, -0.25) is 4.79 Å². The minimum Gasteiger partial charge on any atom is -0.306 e. The summed E-state index contributed by atoms with van der Waals surface area (Å²) in [6, 6.07) is 22.3. The highest BCUT2D eigenvalue weighted by atomic mass is 79.9. The van der Waals surface area contributed by atoms with E-state index in [9.17, 15) is 9.18 Å². The van der Waals surface area contributed by atoms with Crippen LogP contribution in [-0.2, 0) is 0 Å². The molecule has 1 aromatic heterocycles. The number of aromatic nitrogens is 2. The lowest BCUT2D eigenvalue weighted by molar-refractivity contribution is 0.102. The molecule has 29 heavy (non-hydrogen) atoms. The second kappa shape index (κ2) is 8.19. The second-order valence-corrected chi connectivity index (χ2v) is 7.60. The SMILES string of the molecule is O=C(Nc1cc(-c2ccc(Cl)cc2)nn1-c1ccc(Br)cc1)c1ccccc1F. The quantitative estimate of drug-likeness (QED) is 0.378. The largest absolute Gasteiger partial charge is 0.306 e. The van der Waals surface area contributed by atoms with Gasteiger partial charge in [-0.2, -0.15) is 5.10 Å². The van der Waals surface area contributed by atoms with Crippen LogP contribution in [0, 0.1) is 5.82 Å². The van der Waals surface area contributed by atoms with Gasteiger partial charge in [-0.25, -0.2) is 9.07 Å². The van der Waals surface area contributed by atoms with Crippen LogP contribution in [0.2, 0.25) is 5.02 Å². The zero-order chi connectivity index (χ0) is 20.4. The third-order valence-electron chi connectivity index (χ3n) is 4.28. The van der Waals surface area contributed by atoms with Crippen LogP contribution in [-0.4, -0.2) is 15.7 Å². The number of hydrogen-bond acceptors (Lipinski definition) is 2. The van der Waals surface area contributed by atoms with E-state index in [0.29, 0.717) is 16.5 Å². The number of benzene rings is 3. The number of carbonyl (C=O) groups is 1. The number of nitrogens with zero attached hydrogens (tertiary/aromatic N) is 2. The molecule has 0 aliphatic carbocycles. The van der Waals surface area contributed by atoms with E-state index in [4.69, 9.17) is 11.6 Å². The highest BCUT2D eigenvalue weighted by Gasteiger charge is 2.17. The van der Waals surface area contributed by atoms with E-state index in [1.165, 1.54) is 18.2 Å².